The molecular weight excluding hydrogens is 264 g/mol. The maximum atomic E-state index is 12.6. The van der Waals surface area contributed by atoms with Crippen LogP contribution < -0.4 is 5.32 Å². The summed E-state index contributed by atoms with van der Waals surface area (Å²) in [4.78, 5) is 26.6. The van der Waals surface area contributed by atoms with Crippen LogP contribution in [0.1, 0.15) is 31.2 Å². The van der Waals surface area contributed by atoms with Gasteiger partial charge in [0, 0.05) is 25.4 Å². The lowest BCUT2D eigenvalue weighted by Gasteiger charge is -2.24. The molecular formula is C17H22N2O2. The van der Waals surface area contributed by atoms with Gasteiger partial charge in [-0.2, -0.15) is 0 Å². The smallest absolute Gasteiger partial charge is 0.245 e. The van der Waals surface area contributed by atoms with Crippen molar-refractivity contribution in [2.24, 2.45) is 5.92 Å². The van der Waals surface area contributed by atoms with Gasteiger partial charge in [-0.25, -0.2) is 0 Å². The Morgan fingerprint density at radius 1 is 1.14 bits per heavy atom. The van der Waals surface area contributed by atoms with Crippen LogP contribution in [-0.4, -0.2) is 35.8 Å². The van der Waals surface area contributed by atoms with E-state index >= 15 is 0 Å². The summed E-state index contributed by atoms with van der Waals surface area (Å²) < 4.78 is 0. The number of amides is 2. The average molecular weight is 286 g/mol. The minimum absolute atomic E-state index is 0.0449. The highest BCUT2D eigenvalue weighted by Gasteiger charge is 2.34. The predicted octanol–water partition coefficient (Wildman–Crippen LogP) is 1.75. The molecule has 1 heterocycles. The lowest BCUT2D eigenvalue weighted by Crippen LogP contribution is -2.49. The standard InChI is InChI=1S/C17H22N2O2/c20-16(14-8-9-14)18-15(12-13-6-2-1-3-7-13)17(21)19-10-4-5-11-19/h1-3,6-7,14-15H,4-5,8-12H2,(H,18,20). The van der Waals surface area contributed by atoms with Crippen molar-refractivity contribution in [2.75, 3.05) is 13.1 Å². The van der Waals surface area contributed by atoms with Crippen LogP contribution in [0.15, 0.2) is 30.3 Å². The number of nitrogens with zero attached hydrogens (tertiary/aromatic N) is 1. The van der Waals surface area contributed by atoms with Gasteiger partial charge in [0.05, 0.1) is 0 Å². The van der Waals surface area contributed by atoms with Crippen LogP contribution in [0.25, 0.3) is 0 Å². The third-order valence-corrected chi connectivity index (χ3v) is 4.26. The number of carbonyl (C=O) groups excluding carboxylic acids is 2. The Morgan fingerprint density at radius 3 is 2.43 bits per heavy atom. The summed E-state index contributed by atoms with van der Waals surface area (Å²) in [6.45, 7) is 1.65. The van der Waals surface area contributed by atoms with E-state index in [1.54, 1.807) is 0 Å². The molecule has 0 aromatic heterocycles. The largest absolute Gasteiger partial charge is 0.344 e. The number of likely N-dealkylation sites (tertiary alicyclic amines) is 1. The first-order valence-electron chi connectivity index (χ1n) is 7.87. The van der Waals surface area contributed by atoms with Gasteiger partial charge in [0.1, 0.15) is 6.04 Å². The number of benzene rings is 1. The molecule has 2 aliphatic rings. The van der Waals surface area contributed by atoms with Gasteiger partial charge in [0.25, 0.3) is 0 Å². The second-order valence-electron chi connectivity index (χ2n) is 6.06. The summed E-state index contributed by atoms with van der Waals surface area (Å²) in [5.74, 6) is 0.253. The van der Waals surface area contributed by atoms with E-state index in [4.69, 9.17) is 0 Å². The van der Waals surface area contributed by atoms with Crippen LogP contribution in [-0.2, 0) is 16.0 Å². The number of rotatable bonds is 5. The minimum atomic E-state index is -0.418. The highest BCUT2D eigenvalue weighted by atomic mass is 16.2. The molecule has 112 valence electrons. The molecule has 1 atom stereocenters. The third-order valence-electron chi connectivity index (χ3n) is 4.26. The molecule has 1 aromatic carbocycles. The maximum Gasteiger partial charge on any atom is 0.245 e. The molecule has 0 radical (unpaired) electrons. The van der Waals surface area contributed by atoms with Crippen molar-refractivity contribution < 1.29 is 9.59 Å². The molecule has 0 spiro atoms. The Balaban J connectivity index is 1.69. The molecule has 1 aliphatic heterocycles. The average Bonchev–Trinajstić information content (AvgIpc) is 3.22. The molecule has 1 unspecified atom stereocenters. The summed E-state index contributed by atoms with van der Waals surface area (Å²) in [5, 5.41) is 2.97. The van der Waals surface area contributed by atoms with Gasteiger partial charge in [-0.3, -0.25) is 9.59 Å². The van der Waals surface area contributed by atoms with E-state index in [1.165, 1.54) is 0 Å². The monoisotopic (exact) mass is 286 g/mol. The topological polar surface area (TPSA) is 49.4 Å². The second-order valence-corrected chi connectivity index (χ2v) is 6.06. The van der Waals surface area contributed by atoms with Crippen molar-refractivity contribution in [2.45, 2.75) is 38.1 Å². The highest BCUT2D eigenvalue weighted by molar-refractivity contribution is 5.89. The molecule has 0 bridgehead atoms. The van der Waals surface area contributed by atoms with E-state index in [2.05, 4.69) is 5.32 Å². The number of hydrogen-bond donors (Lipinski definition) is 1. The van der Waals surface area contributed by atoms with Gasteiger partial charge in [0.2, 0.25) is 11.8 Å². The van der Waals surface area contributed by atoms with Crippen LogP contribution in [0.5, 0.6) is 0 Å². The highest BCUT2D eigenvalue weighted by Crippen LogP contribution is 2.29. The molecule has 1 saturated carbocycles. The predicted molar refractivity (Wildman–Crippen MR) is 80.6 cm³/mol. The van der Waals surface area contributed by atoms with E-state index in [1.807, 2.05) is 35.2 Å². The number of carbonyl (C=O) groups is 2. The van der Waals surface area contributed by atoms with Crippen LogP contribution >= 0.6 is 0 Å². The first-order chi connectivity index (χ1) is 10.2. The van der Waals surface area contributed by atoms with Gasteiger partial charge < -0.3 is 10.2 Å². The fraction of sp³-hybridized carbons (Fsp3) is 0.529. The number of hydrogen-bond acceptors (Lipinski definition) is 2. The van der Waals surface area contributed by atoms with Crippen LogP contribution in [0.2, 0.25) is 0 Å². The fourth-order valence-corrected chi connectivity index (χ4v) is 2.84. The summed E-state index contributed by atoms with van der Waals surface area (Å²) in [6, 6.07) is 9.49. The first kappa shape index (κ1) is 14.1. The summed E-state index contributed by atoms with van der Waals surface area (Å²) in [6.07, 6.45) is 4.64. The Hall–Kier alpha value is -1.84. The molecule has 4 nitrogen and oxygen atoms in total. The summed E-state index contributed by atoms with van der Waals surface area (Å²) in [5.41, 5.74) is 1.09. The van der Waals surface area contributed by atoms with Crippen molar-refractivity contribution >= 4 is 11.8 Å². The maximum absolute atomic E-state index is 12.6. The van der Waals surface area contributed by atoms with E-state index in [0.717, 1.165) is 44.3 Å². The van der Waals surface area contributed by atoms with Crippen molar-refractivity contribution in [3.05, 3.63) is 35.9 Å². The molecule has 2 fully saturated rings. The second kappa shape index (κ2) is 6.29. The van der Waals surface area contributed by atoms with E-state index < -0.39 is 6.04 Å². The van der Waals surface area contributed by atoms with Crippen LogP contribution in [0, 0.1) is 5.92 Å². The zero-order valence-electron chi connectivity index (χ0n) is 12.3. The van der Waals surface area contributed by atoms with E-state index in [0.29, 0.717) is 6.42 Å². The Kier molecular flexibility index (Phi) is 4.23. The lowest BCUT2D eigenvalue weighted by molar-refractivity contribution is -0.135. The van der Waals surface area contributed by atoms with Gasteiger partial charge in [-0.05, 0) is 31.2 Å². The quantitative estimate of drug-likeness (QED) is 0.896. The fourth-order valence-electron chi connectivity index (χ4n) is 2.84. The zero-order chi connectivity index (χ0) is 14.7. The molecule has 3 rings (SSSR count). The van der Waals surface area contributed by atoms with Gasteiger partial charge >= 0.3 is 0 Å². The molecule has 1 aliphatic carbocycles. The van der Waals surface area contributed by atoms with Crippen LogP contribution in [0.4, 0.5) is 0 Å². The lowest BCUT2D eigenvalue weighted by atomic mass is 10.0. The normalized spacial score (nSPS) is 19.3. The summed E-state index contributed by atoms with van der Waals surface area (Å²) >= 11 is 0. The molecule has 1 aromatic rings. The van der Waals surface area contributed by atoms with Crippen molar-refractivity contribution in [1.29, 1.82) is 0 Å². The van der Waals surface area contributed by atoms with Crippen molar-refractivity contribution in [1.82, 2.24) is 10.2 Å². The minimum Gasteiger partial charge on any atom is -0.344 e. The van der Waals surface area contributed by atoms with Crippen molar-refractivity contribution in [3.8, 4) is 0 Å². The molecule has 21 heavy (non-hydrogen) atoms. The van der Waals surface area contributed by atoms with E-state index in [-0.39, 0.29) is 17.7 Å². The SMILES string of the molecule is O=C(NC(Cc1ccccc1)C(=O)N1CCCC1)C1CC1. The summed E-state index contributed by atoms with van der Waals surface area (Å²) in [7, 11) is 0. The van der Waals surface area contributed by atoms with Crippen molar-refractivity contribution in [3.63, 3.8) is 0 Å². The molecule has 2 amide bonds. The molecule has 4 heteroatoms. The third kappa shape index (κ3) is 3.63. The van der Waals surface area contributed by atoms with E-state index in [9.17, 15) is 9.59 Å². The van der Waals surface area contributed by atoms with Gasteiger partial charge in [-0.15, -0.1) is 0 Å². The zero-order valence-corrected chi connectivity index (χ0v) is 12.3. The van der Waals surface area contributed by atoms with Crippen LogP contribution in [0.3, 0.4) is 0 Å². The molecule has 1 saturated heterocycles. The molecule has 1 N–H and O–H groups in total. The first-order valence-corrected chi connectivity index (χ1v) is 7.87. The number of nitrogens with one attached hydrogen (secondary N) is 1. The Labute approximate surface area is 125 Å². The Morgan fingerprint density at radius 2 is 1.81 bits per heavy atom. The van der Waals surface area contributed by atoms with Gasteiger partial charge in [-0.1, -0.05) is 30.3 Å². The van der Waals surface area contributed by atoms with Gasteiger partial charge in [0.15, 0.2) is 0 Å². The Bertz CT molecular complexity index is 505.